The van der Waals surface area contributed by atoms with Gasteiger partial charge in [-0.15, -0.1) is 0 Å². The van der Waals surface area contributed by atoms with Crippen LogP contribution in [0.1, 0.15) is 25.7 Å². The van der Waals surface area contributed by atoms with Gasteiger partial charge in [0.25, 0.3) is 0 Å². The summed E-state index contributed by atoms with van der Waals surface area (Å²) in [6, 6.07) is 5.38. The molecule has 1 aromatic rings. The fourth-order valence-corrected chi connectivity index (χ4v) is 2.78. The molecule has 0 saturated heterocycles. The second-order valence-electron chi connectivity index (χ2n) is 4.29. The fraction of sp³-hybridized carbons (Fsp3) is 0.500. The molecule has 0 unspecified atom stereocenters. The van der Waals surface area contributed by atoms with E-state index in [2.05, 4.69) is 15.9 Å². The number of benzene rings is 1. The van der Waals surface area contributed by atoms with Crippen molar-refractivity contribution in [2.45, 2.75) is 31.3 Å². The van der Waals surface area contributed by atoms with Crippen molar-refractivity contribution in [3.05, 3.63) is 27.7 Å². The third-order valence-electron chi connectivity index (χ3n) is 2.92. The molecule has 1 fully saturated rings. The number of hydrogen-bond acceptors (Lipinski definition) is 2. The minimum absolute atomic E-state index is 0.354. The van der Waals surface area contributed by atoms with Crippen LogP contribution in [0.2, 0.25) is 5.02 Å². The van der Waals surface area contributed by atoms with Gasteiger partial charge in [0, 0.05) is 5.02 Å². The van der Waals surface area contributed by atoms with Crippen molar-refractivity contribution in [3.63, 3.8) is 0 Å². The second kappa shape index (κ2) is 4.94. The third-order valence-corrected chi connectivity index (χ3v) is 3.78. The number of ether oxygens (including phenoxy) is 1. The maximum absolute atomic E-state index is 10.1. The molecular formula is C12H14BrClO2. The summed E-state index contributed by atoms with van der Waals surface area (Å²) in [7, 11) is 0. The molecular weight excluding hydrogens is 291 g/mol. The van der Waals surface area contributed by atoms with Crippen molar-refractivity contribution in [3.8, 4) is 5.75 Å². The van der Waals surface area contributed by atoms with Crippen molar-refractivity contribution < 1.29 is 9.84 Å². The second-order valence-corrected chi connectivity index (χ2v) is 5.59. The highest BCUT2D eigenvalue weighted by Gasteiger charge is 2.32. The highest BCUT2D eigenvalue weighted by atomic mass is 79.9. The third kappa shape index (κ3) is 2.90. The zero-order chi connectivity index (χ0) is 11.6. The molecule has 0 bridgehead atoms. The summed E-state index contributed by atoms with van der Waals surface area (Å²) in [5.41, 5.74) is -0.640. The highest BCUT2D eigenvalue weighted by Crippen LogP contribution is 2.32. The molecule has 0 atom stereocenters. The molecule has 0 heterocycles. The monoisotopic (exact) mass is 304 g/mol. The SMILES string of the molecule is OC1(COc2ccc(Cl)cc2Br)CCCC1. The number of aliphatic hydroxyl groups is 1. The van der Waals surface area contributed by atoms with Gasteiger partial charge in [-0.25, -0.2) is 0 Å². The molecule has 0 amide bonds. The fourth-order valence-electron chi connectivity index (χ4n) is 1.98. The van der Waals surface area contributed by atoms with Crippen molar-refractivity contribution in [1.82, 2.24) is 0 Å². The van der Waals surface area contributed by atoms with Gasteiger partial charge in [-0.05, 0) is 47.0 Å². The lowest BCUT2D eigenvalue weighted by molar-refractivity contribution is 0.00118. The first-order chi connectivity index (χ1) is 7.59. The van der Waals surface area contributed by atoms with E-state index in [9.17, 15) is 5.11 Å². The lowest BCUT2D eigenvalue weighted by atomic mass is 10.0. The van der Waals surface area contributed by atoms with Gasteiger partial charge in [-0.2, -0.15) is 0 Å². The largest absolute Gasteiger partial charge is 0.489 e. The Morgan fingerprint density at radius 1 is 1.38 bits per heavy atom. The molecule has 16 heavy (non-hydrogen) atoms. The maximum atomic E-state index is 10.1. The molecule has 0 radical (unpaired) electrons. The predicted octanol–water partition coefficient (Wildman–Crippen LogP) is 3.79. The van der Waals surface area contributed by atoms with Crippen LogP contribution in [0.3, 0.4) is 0 Å². The molecule has 1 aliphatic carbocycles. The van der Waals surface area contributed by atoms with E-state index in [4.69, 9.17) is 16.3 Å². The molecule has 1 aliphatic rings. The minimum atomic E-state index is -0.640. The number of halogens is 2. The average molecular weight is 306 g/mol. The van der Waals surface area contributed by atoms with Crippen LogP contribution in [-0.2, 0) is 0 Å². The van der Waals surface area contributed by atoms with Crippen LogP contribution in [0.25, 0.3) is 0 Å². The van der Waals surface area contributed by atoms with Gasteiger partial charge in [0.2, 0.25) is 0 Å². The Kier molecular flexibility index (Phi) is 3.77. The van der Waals surface area contributed by atoms with Crippen LogP contribution in [0.15, 0.2) is 22.7 Å². The van der Waals surface area contributed by atoms with Crippen LogP contribution < -0.4 is 4.74 Å². The standard InChI is InChI=1S/C12H14BrClO2/c13-10-7-9(14)3-4-11(10)16-8-12(15)5-1-2-6-12/h3-4,7,15H,1-2,5-6,8H2. The lowest BCUT2D eigenvalue weighted by Crippen LogP contribution is -2.32. The maximum Gasteiger partial charge on any atom is 0.133 e. The van der Waals surface area contributed by atoms with E-state index in [0.717, 1.165) is 35.9 Å². The van der Waals surface area contributed by atoms with E-state index < -0.39 is 5.60 Å². The summed E-state index contributed by atoms with van der Waals surface area (Å²) in [5.74, 6) is 0.727. The zero-order valence-electron chi connectivity index (χ0n) is 8.88. The number of hydrogen-bond donors (Lipinski definition) is 1. The normalized spacial score (nSPS) is 18.7. The van der Waals surface area contributed by atoms with Gasteiger partial charge in [-0.3, -0.25) is 0 Å². The Hall–Kier alpha value is -0.250. The Bertz CT molecular complexity index is 375. The highest BCUT2D eigenvalue weighted by molar-refractivity contribution is 9.10. The Morgan fingerprint density at radius 3 is 2.69 bits per heavy atom. The van der Waals surface area contributed by atoms with Crippen molar-refractivity contribution in [1.29, 1.82) is 0 Å². The van der Waals surface area contributed by atoms with Crippen LogP contribution >= 0.6 is 27.5 Å². The van der Waals surface area contributed by atoms with Gasteiger partial charge in [0.1, 0.15) is 12.4 Å². The summed E-state index contributed by atoms with van der Waals surface area (Å²) in [5, 5.41) is 10.8. The molecule has 2 nitrogen and oxygen atoms in total. The Labute approximate surface area is 109 Å². The zero-order valence-corrected chi connectivity index (χ0v) is 11.2. The molecule has 0 aliphatic heterocycles. The smallest absolute Gasteiger partial charge is 0.133 e. The van der Waals surface area contributed by atoms with E-state index in [1.165, 1.54) is 0 Å². The molecule has 2 rings (SSSR count). The summed E-state index contributed by atoms with van der Waals surface area (Å²) in [6.45, 7) is 0.354. The van der Waals surface area contributed by atoms with Gasteiger partial charge in [-0.1, -0.05) is 24.4 Å². The first kappa shape index (κ1) is 12.2. The lowest BCUT2D eigenvalue weighted by Gasteiger charge is -2.22. The molecule has 0 spiro atoms. The summed E-state index contributed by atoms with van der Waals surface area (Å²) in [4.78, 5) is 0. The van der Waals surface area contributed by atoms with E-state index in [0.29, 0.717) is 11.6 Å². The Balaban J connectivity index is 1.99. The van der Waals surface area contributed by atoms with Crippen molar-refractivity contribution >= 4 is 27.5 Å². The molecule has 4 heteroatoms. The molecule has 1 saturated carbocycles. The molecule has 1 aromatic carbocycles. The van der Waals surface area contributed by atoms with Crippen LogP contribution in [0, 0.1) is 0 Å². The Morgan fingerprint density at radius 2 is 2.06 bits per heavy atom. The van der Waals surface area contributed by atoms with Crippen LogP contribution in [0.4, 0.5) is 0 Å². The van der Waals surface area contributed by atoms with Gasteiger partial charge < -0.3 is 9.84 Å². The first-order valence-electron chi connectivity index (χ1n) is 5.39. The van der Waals surface area contributed by atoms with E-state index in [1.54, 1.807) is 12.1 Å². The molecule has 0 aromatic heterocycles. The average Bonchev–Trinajstić information content (AvgIpc) is 2.64. The van der Waals surface area contributed by atoms with Crippen LogP contribution in [-0.4, -0.2) is 17.3 Å². The summed E-state index contributed by atoms with van der Waals surface area (Å²) < 4.78 is 6.44. The van der Waals surface area contributed by atoms with E-state index >= 15 is 0 Å². The summed E-state index contributed by atoms with van der Waals surface area (Å²) >= 11 is 9.22. The topological polar surface area (TPSA) is 29.5 Å². The van der Waals surface area contributed by atoms with Crippen LogP contribution in [0.5, 0.6) is 5.75 Å². The van der Waals surface area contributed by atoms with Gasteiger partial charge in [0.05, 0.1) is 10.1 Å². The quantitative estimate of drug-likeness (QED) is 0.920. The van der Waals surface area contributed by atoms with Crippen molar-refractivity contribution in [2.24, 2.45) is 0 Å². The van der Waals surface area contributed by atoms with Gasteiger partial charge >= 0.3 is 0 Å². The summed E-state index contributed by atoms with van der Waals surface area (Å²) in [6.07, 6.45) is 3.83. The number of rotatable bonds is 3. The van der Waals surface area contributed by atoms with E-state index in [-0.39, 0.29) is 0 Å². The van der Waals surface area contributed by atoms with E-state index in [1.807, 2.05) is 6.07 Å². The minimum Gasteiger partial charge on any atom is -0.489 e. The van der Waals surface area contributed by atoms with Gasteiger partial charge in [0.15, 0.2) is 0 Å². The molecule has 88 valence electrons. The molecule has 1 N–H and O–H groups in total. The first-order valence-corrected chi connectivity index (χ1v) is 6.56. The van der Waals surface area contributed by atoms with Crippen molar-refractivity contribution in [2.75, 3.05) is 6.61 Å². The predicted molar refractivity (Wildman–Crippen MR) is 68.1 cm³/mol.